The number of fused-ring (bicyclic) bond motifs is 1. The zero-order chi connectivity index (χ0) is 13.7. The molecule has 3 heteroatoms. The molecular weight excluding hydrogens is 228 g/mol. The Kier molecular flexibility index (Phi) is 3.19. The van der Waals surface area contributed by atoms with Crippen LogP contribution in [0.2, 0.25) is 0 Å². The molecule has 0 saturated heterocycles. The van der Waals surface area contributed by atoms with E-state index in [0.717, 1.165) is 6.42 Å². The van der Waals surface area contributed by atoms with Crippen molar-refractivity contribution in [3.05, 3.63) is 11.6 Å². The lowest BCUT2D eigenvalue weighted by Crippen LogP contribution is -2.48. The Balaban J connectivity index is 2.47. The van der Waals surface area contributed by atoms with Gasteiger partial charge < -0.3 is 10.2 Å². The molecular formula is C15H24O3. The van der Waals surface area contributed by atoms with Crippen molar-refractivity contribution in [1.29, 1.82) is 0 Å². The topological polar surface area (TPSA) is 57.5 Å². The quantitative estimate of drug-likeness (QED) is 0.751. The summed E-state index contributed by atoms with van der Waals surface area (Å²) in [6.45, 7) is 7.76. The standard InChI is InChI=1S/C15H24O3/c1-9(2)15(18)6-5-14(4)8-12(17)10(3)7-11(16)13(14)15/h7,9,11,13,16,18H,5-6,8H2,1-4H3. The van der Waals surface area contributed by atoms with Crippen molar-refractivity contribution in [1.82, 2.24) is 0 Å². The van der Waals surface area contributed by atoms with Gasteiger partial charge in [-0.2, -0.15) is 0 Å². The van der Waals surface area contributed by atoms with E-state index in [-0.39, 0.29) is 23.0 Å². The molecule has 3 nitrogen and oxygen atoms in total. The number of rotatable bonds is 1. The van der Waals surface area contributed by atoms with E-state index in [1.807, 2.05) is 20.8 Å². The van der Waals surface area contributed by atoms with E-state index in [9.17, 15) is 15.0 Å². The number of hydrogen-bond donors (Lipinski definition) is 2. The number of hydrogen-bond acceptors (Lipinski definition) is 3. The van der Waals surface area contributed by atoms with Gasteiger partial charge in [0.2, 0.25) is 0 Å². The largest absolute Gasteiger partial charge is 0.389 e. The lowest BCUT2D eigenvalue weighted by Gasteiger charge is -2.41. The fraction of sp³-hybridized carbons (Fsp3) is 0.800. The van der Waals surface area contributed by atoms with Crippen molar-refractivity contribution in [3.63, 3.8) is 0 Å². The number of aliphatic hydroxyl groups excluding tert-OH is 1. The molecule has 2 rings (SSSR count). The molecule has 18 heavy (non-hydrogen) atoms. The maximum Gasteiger partial charge on any atom is 0.158 e. The Labute approximate surface area is 109 Å². The van der Waals surface area contributed by atoms with Gasteiger partial charge in [0.15, 0.2) is 5.78 Å². The second kappa shape index (κ2) is 4.17. The average Bonchev–Trinajstić information content (AvgIpc) is 2.47. The normalized spacial score (nSPS) is 44.8. The van der Waals surface area contributed by atoms with Crippen molar-refractivity contribution < 1.29 is 15.0 Å². The maximum atomic E-state index is 12.0. The third-order valence-electron chi connectivity index (χ3n) is 5.15. The smallest absolute Gasteiger partial charge is 0.158 e. The van der Waals surface area contributed by atoms with Gasteiger partial charge in [-0.25, -0.2) is 0 Å². The lowest BCUT2D eigenvalue weighted by atomic mass is 9.68. The van der Waals surface area contributed by atoms with Crippen molar-refractivity contribution >= 4 is 5.78 Å². The highest BCUT2D eigenvalue weighted by Crippen LogP contribution is 2.56. The molecule has 0 aromatic heterocycles. The Hall–Kier alpha value is -0.670. The van der Waals surface area contributed by atoms with Crippen LogP contribution in [0, 0.1) is 17.3 Å². The third kappa shape index (κ3) is 1.84. The fourth-order valence-electron chi connectivity index (χ4n) is 3.91. The molecule has 2 aliphatic rings. The van der Waals surface area contributed by atoms with Gasteiger partial charge in [-0.1, -0.05) is 20.8 Å². The highest BCUT2D eigenvalue weighted by atomic mass is 16.3. The first kappa shape index (κ1) is 13.8. The Morgan fingerprint density at radius 3 is 2.56 bits per heavy atom. The van der Waals surface area contributed by atoms with Crippen LogP contribution in [-0.2, 0) is 4.79 Å². The van der Waals surface area contributed by atoms with Gasteiger partial charge in [-0.15, -0.1) is 0 Å². The van der Waals surface area contributed by atoms with Crippen LogP contribution in [0.1, 0.15) is 47.0 Å². The van der Waals surface area contributed by atoms with Crippen LogP contribution in [0.5, 0.6) is 0 Å². The van der Waals surface area contributed by atoms with Crippen molar-refractivity contribution in [3.8, 4) is 0 Å². The van der Waals surface area contributed by atoms with E-state index >= 15 is 0 Å². The summed E-state index contributed by atoms with van der Waals surface area (Å²) in [7, 11) is 0. The second-order valence-corrected chi connectivity index (χ2v) is 6.72. The minimum Gasteiger partial charge on any atom is -0.389 e. The van der Waals surface area contributed by atoms with E-state index in [2.05, 4.69) is 0 Å². The molecule has 1 fully saturated rings. The second-order valence-electron chi connectivity index (χ2n) is 6.72. The number of carbonyl (C=O) groups is 1. The summed E-state index contributed by atoms with van der Waals surface area (Å²) in [6, 6.07) is 0. The summed E-state index contributed by atoms with van der Waals surface area (Å²) >= 11 is 0. The molecule has 4 atom stereocenters. The van der Waals surface area contributed by atoms with Gasteiger partial charge in [-0.3, -0.25) is 4.79 Å². The summed E-state index contributed by atoms with van der Waals surface area (Å²) in [5.74, 6) is -0.0562. The number of carbonyl (C=O) groups excluding carboxylic acids is 1. The number of aliphatic hydroxyl groups is 2. The number of allylic oxidation sites excluding steroid dienone is 1. The molecule has 0 heterocycles. The van der Waals surface area contributed by atoms with Gasteiger partial charge in [0.05, 0.1) is 11.7 Å². The van der Waals surface area contributed by atoms with Gasteiger partial charge in [0, 0.05) is 12.3 Å². The molecule has 0 aromatic carbocycles. The highest BCUT2D eigenvalue weighted by Gasteiger charge is 2.58. The van der Waals surface area contributed by atoms with Crippen molar-refractivity contribution in [2.75, 3.05) is 0 Å². The molecule has 1 saturated carbocycles. The summed E-state index contributed by atoms with van der Waals surface area (Å²) in [4.78, 5) is 12.0. The first-order chi connectivity index (χ1) is 8.20. The lowest BCUT2D eigenvalue weighted by molar-refractivity contribution is -0.121. The molecule has 4 unspecified atom stereocenters. The molecule has 102 valence electrons. The molecule has 0 aromatic rings. The third-order valence-corrected chi connectivity index (χ3v) is 5.15. The number of ketones is 1. The molecule has 0 radical (unpaired) electrons. The molecule has 0 aliphatic heterocycles. The predicted molar refractivity (Wildman–Crippen MR) is 70.0 cm³/mol. The Morgan fingerprint density at radius 1 is 1.39 bits per heavy atom. The maximum absolute atomic E-state index is 12.0. The van der Waals surface area contributed by atoms with E-state index in [0.29, 0.717) is 18.4 Å². The number of Topliss-reactive ketones (excluding diaryl/α,β-unsaturated/α-hetero) is 1. The van der Waals surface area contributed by atoms with Crippen molar-refractivity contribution in [2.24, 2.45) is 17.3 Å². The zero-order valence-corrected chi connectivity index (χ0v) is 11.7. The van der Waals surface area contributed by atoms with Gasteiger partial charge in [-0.05, 0) is 42.7 Å². The average molecular weight is 252 g/mol. The summed E-state index contributed by atoms with van der Waals surface area (Å²) in [5.41, 5.74) is -0.525. The molecule has 2 N–H and O–H groups in total. The van der Waals surface area contributed by atoms with Crippen LogP contribution in [0.3, 0.4) is 0 Å². The Bertz CT molecular complexity index is 399. The fourth-order valence-corrected chi connectivity index (χ4v) is 3.91. The monoisotopic (exact) mass is 252 g/mol. The zero-order valence-electron chi connectivity index (χ0n) is 11.7. The molecule has 0 spiro atoms. The van der Waals surface area contributed by atoms with Crippen LogP contribution < -0.4 is 0 Å². The van der Waals surface area contributed by atoms with Crippen LogP contribution in [0.15, 0.2) is 11.6 Å². The van der Waals surface area contributed by atoms with Gasteiger partial charge in [0.1, 0.15) is 0 Å². The van der Waals surface area contributed by atoms with E-state index in [4.69, 9.17) is 0 Å². The van der Waals surface area contributed by atoms with Gasteiger partial charge in [0.25, 0.3) is 0 Å². The summed E-state index contributed by atoms with van der Waals surface area (Å²) in [6.07, 6.45) is 2.82. The molecule has 0 amide bonds. The summed E-state index contributed by atoms with van der Waals surface area (Å²) < 4.78 is 0. The van der Waals surface area contributed by atoms with Crippen LogP contribution >= 0.6 is 0 Å². The van der Waals surface area contributed by atoms with Crippen LogP contribution in [0.25, 0.3) is 0 Å². The SMILES string of the molecule is CC1=CC(O)C2C(C)(CCC2(O)C(C)C)CC1=O. The minimum atomic E-state index is -0.866. The first-order valence-electron chi connectivity index (χ1n) is 6.83. The van der Waals surface area contributed by atoms with Gasteiger partial charge >= 0.3 is 0 Å². The van der Waals surface area contributed by atoms with Crippen LogP contribution in [0.4, 0.5) is 0 Å². The van der Waals surface area contributed by atoms with E-state index < -0.39 is 11.7 Å². The van der Waals surface area contributed by atoms with Crippen LogP contribution in [-0.4, -0.2) is 27.7 Å². The minimum absolute atomic E-state index is 0.0842. The van der Waals surface area contributed by atoms with Crippen molar-refractivity contribution in [2.45, 2.75) is 58.7 Å². The molecule has 0 bridgehead atoms. The predicted octanol–water partition coefficient (Wildman–Crippen LogP) is 2.07. The molecule has 2 aliphatic carbocycles. The first-order valence-corrected chi connectivity index (χ1v) is 6.83. The van der Waals surface area contributed by atoms with E-state index in [1.165, 1.54) is 0 Å². The van der Waals surface area contributed by atoms with E-state index in [1.54, 1.807) is 13.0 Å². The summed E-state index contributed by atoms with van der Waals surface area (Å²) in [5, 5.41) is 21.3. The highest BCUT2D eigenvalue weighted by molar-refractivity contribution is 5.95. The Morgan fingerprint density at radius 2 is 2.00 bits per heavy atom.